The number of carbonyl (C=O) groups is 1. The first-order chi connectivity index (χ1) is 6.52. The standard InChI is InChI=1S/C10H12O4/c1-10(13,9(11)12)7-14-8-5-3-2-4-6-8/h2-6,13H,7H2,1H3,(H,11,12). The number of para-hydroxylation sites is 1. The van der Waals surface area contributed by atoms with E-state index in [1.165, 1.54) is 6.92 Å². The maximum absolute atomic E-state index is 10.5. The normalized spacial score (nSPS) is 14.4. The molecule has 0 bridgehead atoms. The van der Waals surface area contributed by atoms with Crippen LogP contribution in [0.3, 0.4) is 0 Å². The summed E-state index contributed by atoms with van der Waals surface area (Å²) in [6.45, 7) is 0.921. The molecule has 1 rings (SSSR count). The number of benzene rings is 1. The molecule has 0 amide bonds. The number of aliphatic hydroxyl groups is 1. The van der Waals surface area contributed by atoms with Crippen LogP contribution in [-0.2, 0) is 4.79 Å². The van der Waals surface area contributed by atoms with Gasteiger partial charge in [-0.1, -0.05) is 18.2 Å². The zero-order valence-corrected chi connectivity index (χ0v) is 7.80. The van der Waals surface area contributed by atoms with Gasteiger partial charge in [-0.05, 0) is 19.1 Å². The number of carboxylic acid groups (broad SMARTS) is 1. The van der Waals surface area contributed by atoms with E-state index < -0.39 is 11.6 Å². The Hall–Kier alpha value is -1.55. The van der Waals surface area contributed by atoms with E-state index in [-0.39, 0.29) is 6.61 Å². The van der Waals surface area contributed by atoms with Crippen molar-refractivity contribution in [3.05, 3.63) is 30.3 Å². The van der Waals surface area contributed by atoms with Gasteiger partial charge in [-0.25, -0.2) is 4.79 Å². The van der Waals surface area contributed by atoms with Crippen molar-refractivity contribution in [2.75, 3.05) is 6.61 Å². The van der Waals surface area contributed by atoms with E-state index in [0.717, 1.165) is 0 Å². The molecule has 2 N–H and O–H groups in total. The maximum atomic E-state index is 10.5. The fourth-order valence-corrected chi connectivity index (χ4v) is 0.802. The molecule has 0 spiro atoms. The predicted molar refractivity (Wildman–Crippen MR) is 50.2 cm³/mol. The van der Waals surface area contributed by atoms with Crippen LogP contribution in [0.15, 0.2) is 30.3 Å². The first-order valence-corrected chi connectivity index (χ1v) is 4.16. The molecule has 4 heteroatoms. The summed E-state index contributed by atoms with van der Waals surface area (Å²) in [5.74, 6) is -0.762. The van der Waals surface area contributed by atoms with E-state index in [0.29, 0.717) is 5.75 Å². The van der Waals surface area contributed by atoms with Gasteiger partial charge < -0.3 is 14.9 Å². The zero-order chi connectivity index (χ0) is 10.6. The van der Waals surface area contributed by atoms with Crippen molar-refractivity contribution < 1.29 is 19.7 Å². The molecule has 0 aliphatic rings. The Morgan fingerprint density at radius 3 is 2.50 bits per heavy atom. The lowest BCUT2D eigenvalue weighted by Crippen LogP contribution is -2.41. The molecule has 1 unspecified atom stereocenters. The highest BCUT2D eigenvalue weighted by Gasteiger charge is 2.30. The molecule has 0 aliphatic carbocycles. The Morgan fingerprint density at radius 2 is 2.00 bits per heavy atom. The highest BCUT2D eigenvalue weighted by atomic mass is 16.5. The number of carboxylic acids is 1. The van der Waals surface area contributed by atoms with Gasteiger partial charge in [-0.15, -0.1) is 0 Å². The van der Waals surface area contributed by atoms with Crippen LogP contribution in [-0.4, -0.2) is 28.4 Å². The molecule has 0 aliphatic heterocycles. The van der Waals surface area contributed by atoms with Gasteiger partial charge >= 0.3 is 5.97 Å². The van der Waals surface area contributed by atoms with E-state index in [9.17, 15) is 9.90 Å². The van der Waals surface area contributed by atoms with Crippen molar-refractivity contribution in [2.24, 2.45) is 0 Å². The average molecular weight is 196 g/mol. The first-order valence-electron chi connectivity index (χ1n) is 4.16. The topological polar surface area (TPSA) is 66.8 Å². The molecule has 14 heavy (non-hydrogen) atoms. The van der Waals surface area contributed by atoms with Crippen LogP contribution in [0.25, 0.3) is 0 Å². The summed E-state index contributed by atoms with van der Waals surface area (Å²) in [5.41, 5.74) is -1.85. The van der Waals surface area contributed by atoms with Gasteiger partial charge in [0, 0.05) is 0 Å². The molecule has 0 radical (unpaired) electrons. The fourth-order valence-electron chi connectivity index (χ4n) is 0.802. The van der Waals surface area contributed by atoms with Gasteiger partial charge in [0.2, 0.25) is 0 Å². The first kappa shape index (κ1) is 10.5. The minimum atomic E-state index is -1.85. The number of aliphatic carboxylic acids is 1. The van der Waals surface area contributed by atoms with Crippen molar-refractivity contribution in [1.82, 2.24) is 0 Å². The van der Waals surface area contributed by atoms with Gasteiger partial charge in [0.05, 0.1) is 0 Å². The lowest BCUT2D eigenvalue weighted by Gasteiger charge is -2.18. The second-order valence-corrected chi connectivity index (χ2v) is 3.18. The predicted octanol–water partition coefficient (Wildman–Crippen LogP) is 0.901. The molecule has 0 aromatic heterocycles. The molecule has 1 aromatic rings. The summed E-state index contributed by atoms with van der Waals surface area (Å²) in [7, 11) is 0. The molecule has 0 saturated heterocycles. The maximum Gasteiger partial charge on any atom is 0.339 e. The van der Waals surface area contributed by atoms with Gasteiger partial charge in [0.25, 0.3) is 0 Å². The van der Waals surface area contributed by atoms with Crippen LogP contribution in [0.2, 0.25) is 0 Å². The summed E-state index contributed by atoms with van der Waals surface area (Å²) in [6, 6.07) is 8.74. The van der Waals surface area contributed by atoms with Crippen molar-refractivity contribution in [3.8, 4) is 5.75 Å². The Balaban J connectivity index is 2.53. The lowest BCUT2D eigenvalue weighted by atomic mass is 10.1. The van der Waals surface area contributed by atoms with E-state index in [1.807, 2.05) is 6.07 Å². The van der Waals surface area contributed by atoms with Crippen LogP contribution < -0.4 is 4.74 Å². The third-order valence-corrected chi connectivity index (χ3v) is 1.72. The molecule has 0 heterocycles. The minimum Gasteiger partial charge on any atom is -0.490 e. The molecular formula is C10H12O4. The summed E-state index contributed by atoms with van der Waals surface area (Å²) in [6.07, 6.45) is 0. The van der Waals surface area contributed by atoms with E-state index in [1.54, 1.807) is 24.3 Å². The van der Waals surface area contributed by atoms with Crippen LogP contribution >= 0.6 is 0 Å². The van der Waals surface area contributed by atoms with Crippen LogP contribution in [0, 0.1) is 0 Å². The van der Waals surface area contributed by atoms with Crippen molar-refractivity contribution in [3.63, 3.8) is 0 Å². The third-order valence-electron chi connectivity index (χ3n) is 1.72. The van der Waals surface area contributed by atoms with Crippen LogP contribution in [0.1, 0.15) is 6.92 Å². The van der Waals surface area contributed by atoms with Crippen LogP contribution in [0.4, 0.5) is 0 Å². The molecule has 76 valence electrons. The monoisotopic (exact) mass is 196 g/mol. The Kier molecular flexibility index (Phi) is 3.09. The quantitative estimate of drug-likeness (QED) is 0.750. The zero-order valence-electron chi connectivity index (χ0n) is 7.80. The SMILES string of the molecule is CC(O)(COc1ccccc1)C(=O)O. The second-order valence-electron chi connectivity index (χ2n) is 3.18. The molecule has 0 saturated carbocycles. The van der Waals surface area contributed by atoms with Gasteiger partial charge in [0.15, 0.2) is 5.60 Å². The highest BCUT2D eigenvalue weighted by Crippen LogP contribution is 2.11. The second kappa shape index (κ2) is 4.11. The fraction of sp³-hybridized carbons (Fsp3) is 0.300. The van der Waals surface area contributed by atoms with E-state index in [4.69, 9.17) is 9.84 Å². The number of ether oxygens (including phenoxy) is 1. The van der Waals surface area contributed by atoms with E-state index >= 15 is 0 Å². The highest BCUT2D eigenvalue weighted by molar-refractivity contribution is 5.76. The Labute approximate surface area is 81.8 Å². The van der Waals surface area contributed by atoms with Crippen molar-refractivity contribution in [1.29, 1.82) is 0 Å². The summed E-state index contributed by atoms with van der Waals surface area (Å²) >= 11 is 0. The number of rotatable bonds is 4. The number of hydrogen-bond donors (Lipinski definition) is 2. The molecular weight excluding hydrogens is 184 g/mol. The van der Waals surface area contributed by atoms with Gasteiger partial charge in [-0.3, -0.25) is 0 Å². The third kappa shape index (κ3) is 2.74. The van der Waals surface area contributed by atoms with Gasteiger partial charge in [0.1, 0.15) is 12.4 Å². The molecule has 0 fully saturated rings. The largest absolute Gasteiger partial charge is 0.490 e. The molecule has 1 aromatic carbocycles. The molecule has 1 atom stereocenters. The van der Waals surface area contributed by atoms with Crippen LogP contribution in [0.5, 0.6) is 5.75 Å². The smallest absolute Gasteiger partial charge is 0.339 e. The summed E-state index contributed by atoms with van der Waals surface area (Å²) in [4.78, 5) is 10.5. The van der Waals surface area contributed by atoms with Gasteiger partial charge in [-0.2, -0.15) is 0 Å². The Bertz CT molecular complexity index is 305. The molecule has 4 nitrogen and oxygen atoms in total. The number of hydrogen-bond acceptors (Lipinski definition) is 3. The Morgan fingerprint density at radius 1 is 1.43 bits per heavy atom. The lowest BCUT2D eigenvalue weighted by molar-refractivity contribution is -0.159. The average Bonchev–Trinajstić information content (AvgIpc) is 2.16. The summed E-state index contributed by atoms with van der Waals surface area (Å²) < 4.78 is 5.10. The summed E-state index contributed by atoms with van der Waals surface area (Å²) in [5, 5.41) is 17.9. The van der Waals surface area contributed by atoms with Crippen molar-refractivity contribution >= 4 is 5.97 Å². The van der Waals surface area contributed by atoms with E-state index in [2.05, 4.69) is 0 Å². The van der Waals surface area contributed by atoms with Crippen molar-refractivity contribution in [2.45, 2.75) is 12.5 Å². The minimum absolute atomic E-state index is 0.271.